The zero-order valence-electron chi connectivity index (χ0n) is 8.82. The van der Waals surface area contributed by atoms with Gasteiger partial charge in [0, 0.05) is 12.6 Å². The molecular weight excluding hydrogens is 182 g/mol. The van der Waals surface area contributed by atoms with E-state index >= 15 is 0 Å². The first-order valence-corrected chi connectivity index (χ1v) is 5.25. The number of nitrogens with one attached hydrogen (secondary N) is 1. The lowest BCUT2D eigenvalue weighted by Gasteiger charge is -2.29. The standard InChI is InChI=1S/C10H19NO3/c1-10(2)9(3-4-14-10)11-7-5-13-6-8(7)12/h7-9,11-12H,3-6H2,1-2H3. The van der Waals surface area contributed by atoms with Gasteiger partial charge in [0.15, 0.2) is 0 Å². The van der Waals surface area contributed by atoms with Gasteiger partial charge in [-0.25, -0.2) is 0 Å². The van der Waals surface area contributed by atoms with Crippen molar-refractivity contribution in [2.24, 2.45) is 0 Å². The number of aliphatic hydroxyl groups is 1. The Kier molecular flexibility index (Phi) is 2.79. The minimum Gasteiger partial charge on any atom is -0.389 e. The third-order valence-corrected chi connectivity index (χ3v) is 3.19. The fraction of sp³-hybridized carbons (Fsp3) is 1.00. The van der Waals surface area contributed by atoms with Crippen molar-refractivity contribution in [1.82, 2.24) is 5.32 Å². The molecule has 2 saturated heterocycles. The summed E-state index contributed by atoms with van der Waals surface area (Å²) in [4.78, 5) is 0. The number of ether oxygens (including phenoxy) is 2. The molecule has 0 amide bonds. The van der Waals surface area contributed by atoms with Gasteiger partial charge in [-0.05, 0) is 20.3 Å². The molecule has 2 aliphatic rings. The second-order valence-corrected chi connectivity index (χ2v) is 4.67. The highest BCUT2D eigenvalue weighted by molar-refractivity contribution is 4.94. The van der Waals surface area contributed by atoms with Crippen LogP contribution in [0, 0.1) is 0 Å². The van der Waals surface area contributed by atoms with Crippen LogP contribution >= 0.6 is 0 Å². The summed E-state index contributed by atoms with van der Waals surface area (Å²) in [7, 11) is 0. The molecule has 0 aromatic heterocycles. The second kappa shape index (κ2) is 3.77. The maximum atomic E-state index is 9.59. The molecule has 0 radical (unpaired) electrons. The van der Waals surface area contributed by atoms with Gasteiger partial charge in [0.25, 0.3) is 0 Å². The van der Waals surface area contributed by atoms with E-state index in [9.17, 15) is 5.11 Å². The molecule has 0 aromatic carbocycles. The number of hydrogen-bond donors (Lipinski definition) is 2. The lowest BCUT2D eigenvalue weighted by atomic mass is 9.97. The van der Waals surface area contributed by atoms with Gasteiger partial charge in [0.1, 0.15) is 0 Å². The fourth-order valence-electron chi connectivity index (χ4n) is 2.13. The van der Waals surface area contributed by atoms with Crippen LogP contribution in [-0.4, -0.2) is 48.7 Å². The first-order valence-electron chi connectivity index (χ1n) is 5.25. The Morgan fingerprint density at radius 2 is 2.14 bits per heavy atom. The smallest absolute Gasteiger partial charge is 0.0948 e. The van der Waals surface area contributed by atoms with Gasteiger partial charge in [-0.15, -0.1) is 0 Å². The average molecular weight is 201 g/mol. The molecular formula is C10H19NO3. The largest absolute Gasteiger partial charge is 0.389 e. The first-order chi connectivity index (χ1) is 6.59. The van der Waals surface area contributed by atoms with E-state index in [2.05, 4.69) is 19.2 Å². The zero-order chi connectivity index (χ0) is 10.2. The Bertz CT molecular complexity index is 208. The molecule has 0 saturated carbocycles. The van der Waals surface area contributed by atoms with Crippen LogP contribution in [0.5, 0.6) is 0 Å². The molecule has 2 fully saturated rings. The lowest BCUT2D eigenvalue weighted by molar-refractivity contribution is 0.0164. The lowest BCUT2D eigenvalue weighted by Crippen LogP contribution is -2.51. The highest BCUT2D eigenvalue weighted by Gasteiger charge is 2.39. The van der Waals surface area contributed by atoms with Crippen LogP contribution in [0.4, 0.5) is 0 Å². The van der Waals surface area contributed by atoms with Gasteiger partial charge in [-0.3, -0.25) is 0 Å². The number of aliphatic hydroxyl groups excluding tert-OH is 1. The van der Waals surface area contributed by atoms with Crippen molar-refractivity contribution in [1.29, 1.82) is 0 Å². The summed E-state index contributed by atoms with van der Waals surface area (Å²) in [5.74, 6) is 0. The van der Waals surface area contributed by atoms with Gasteiger partial charge in [-0.1, -0.05) is 0 Å². The average Bonchev–Trinajstić information content (AvgIpc) is 2.62. The highest BCUT2D eigenvalue weighted by Crippen LogP contribution is 2.26. The number of rotatable bonds is 2. The molecule has 2 heterocycles. The van der Waals surface area contributed by atoms with Gasteiger partial charge in [0.05, 0.1) is 31.0 Å². The zero-order valence-corrected chi connectivity index (χ0v) is 8.82. The topological polar surface area (TPSA) is 50.7 Å². The summed E-state index contributed by atoms with van der Waals surface area (Å²) in [6, 6.07) is 0.393. The van der Waals surface area contributed by atoms with Crippen molar-refractivity contribution >= 4 is 0 Å². The van der Waals surface area contributed by atoms with Crippen LogP contribution in [0.15, 0.2) is 0 Å². The van der Waals surface area contributed by atoms with Crippen molar-refractivity contribution < 1.29 is 14.6 Å². The Hall–Kier alpha value is -0.160. The van der Waals surface area contributed by atoms with E-state index in [0.717, 1.165) is 13.0 Å². The summed E-state index contributed by atoms with van der Waals surface area (Å²) in [5.41, 5.74) is -0.123. The third-order valence-electron chi connectivity index (χ3n) is 3.19. The van der Waals surface area contributed by atoms with E-state index in [1.807, 2.05) is 0 Å². The maximum Gasteiger partial charge on any atom is 0.0948 e. The van der Waals surface area contributed by atoms with E-state index in [0.29, 0.717) is 19.3 Å². The molecule has 82 valence electrons. The molecule has 3 atom stereocenters. The Morgan fingerprint density at radius 3 is 2.64 bits per heavy atom. The van der Waals surface area contributed by atoms with Gasteiger partial charge in [-0.2, -0.15) is 0 Å². The first kappa shape index (κ1) is 10.4. The fourth-order valence-corrected chi connectivity index (χ4v) is 2.13. The molecule has 2 aliphatic heterocycles. The third kappa shape index (κ3) is 1.93. The van der Waals surface area contributed by atoms with Crippen LogP contribution in [0.25, 0.3) is 0 Å². The van der Waals surface area contributed by atoms with Crippen molar-refractivity contribution in [2.45, 2.75) is 44.1 Å². The molecule has 4 heteroatoms. The molecule has 0 spiro atoms. The Balaban J connectivity index is 1.90. The van der Waals surface area contributed by atoms with Crippen LogP contribution in [-0.2, 0) is 9.47 Å². The SMILES string of the molecule is CC1(C)OCCC1NC1COCC1O. The summed E-state index contributed by atoms with van der Waals surface area (Å²) in [5, 5.41) is 13.0. The minimum absolute atomic E-state index is 0.0703. The summed E-state index contributed by atoms with van der Waals surface area (Å²) < 4.78 is 10.8. The van der Waals surface area contributed by atoms with E-state index in [1.165, 1.54) is 0 Å². The Morgan fingerprint density at radius 1 is 1.36 bits per heavy atom. The van der Waals surface area contributed by atoms with Crippen LogP contribution in [0.3, 0.4) is 0 Å². The summed E-state index contributed by atoms with van der Waals surface area (Å²) in [6.45, 7) is 6.02. The van der Waals surface area contributed by atoms with Gasteiger partial charge in [0.2, 0.25) is 0 Å². The predicted molar refractivity (Wildman–Crippen MR) is 52.2 cm³/mol. The van der Waals surface area contributed by atoms with Crippen LogP contribution < -0.4 is 5.32 Å². The quantitative estimate of drug-likeness (QED) is 0.655. The molecule has 14 heavy (non-hydrogen) atoms. The normalized spacial score (nSPS) is 41.8. The van der Waals surface area contributed by atoms with Crippen molar-refractivity contribution in [3.8, 4) is 0 Å². The van der Waals surface area contributed by atoms with Crippen molar-refractivity contribution in [2.75, 3.05) is 19.8 Å². The van der Waals surface area contributed by atoms with Crippen molar-refractivity contribution in [3.05, 3.63) is 0 Å². The Labute approximate surface area is 84.6 Å². The summed E-state index contributed by atoms with van der Waals surface area (Å²) in [6.07, 6.45) is 0.641. The van der Waals surface area contributed by atoms with Crippen LogP contribution in [0.2, 0.25) is 0 Å². The predicted octanol–water partition coefficient (Wildman–Crippen LogP) is -0.0968. The molecule has 4 nitrogen and oxygen atoms in total. The second-order valence-electron chi connectivity index (χ2n) is 4.67. The molecule has 3 unspecified atom stereocenters. The van der Waals surface area contributed by atoms with E-state index in [-0.39, 0.29) is 17.7 Å². The van der Waals surface area contributed by atoms with E-state index < -0.39 is 0 Å². The van der Waals surface area contributed by atoms with E-state index in [4.69, 9.17) is 9.47 Å². The molecule has 0 aliphatic carbocycles. The molecule has 2 N–H and O–H groups in total. The maximum absolute atomic E-state index is 9.59. The minimum atomic E-state index is -0.369. The van der Waals surface area contributed by atoms with Gasteiger partial charge < -0.3 is 19.9 Å². The highest BCUT2D eigenvalue weighted by atomic mass is 16.5. The van der Waals surface area contributed by atoms with Crippen molar-refractivity contribution in [3.63, 3.8) is 0 Å². The summed E-state index contributed by atoms with van der Waals surface area (Å²) >= 11 is 0. The molecule has 0 aromatic rings. The van der Waals surface area contributed by atoms with E-state index in [1.54, 1.807) is 0 Å². The number of hydrogen-bond acceptors (Lipinski definition) is 4. The molecule has 2 rings (SSSR count). The van der Waals surface area contributed by atoms with Gasteiger partial charge >= 0.3 is 0 Å². The molecule has 0 bridgehead atoms. The monoisotopic (exact) mass is 201 g/mol. The van der Waals surface area contributed by atoms with Crippen LogP contribution in [0.1, 0.15) is 20.3 Å².